The second kappa shape index (κ2) is 17.7. The number of unbranched alkanes of at least 4 members (excludes halogenated alkanes) is 4. The fraction of sp³-hybridized carbons (Fsp3) is 0.633. The zero-order valence-electron chi connectivity index (χ0n) is 24.8. The molecule has 0 saturated carbocycles. The van der Waals surface area contributed by atoms with Crippen LogP contribution in [0.25, 0.3) is 0 Å². The largest absolute Gasteiger partial charge is 0.491 e. The maximum atomic E-state index is 13.8. The molecule has 5 N–H and O–H groups in total. The third-order valence-corrected chi connectivity index (χ3v) is 8.01. The van der Waals surface area contributed by atoms with Crippen LogP contribution in [0.15, 0.2) is 24.3 Å². The lowest BCUT2D eigenvalue weighted by Gasteiger charge is -2.38. The van der Waals surface area contributed by atoms with E-state index < -0.39 is 24.0 Å². The molecule has 43 heavy (non-hydrogen) atoms. The lowest BCUT2D eigenvalue weighted by atomic mass is 9.92. The van der Waals surface area contributed by atoms with Crippen LogP contribution >= 0.6 is 12.6 Å². The minimum atomic E-state index is -0.765. The summed E-state index contributed by atoms with van der Waals surface area (Å²) in [5.74, 6) is -0.889. The minimum Gasteiger partial charge on any atom is -0.491 e. The van der Waals surface area contributed by atoms with Gasteiger partial charge in [0.25, 0.3) is 0 Å². The van der Waals surface area contributed by atoms with Crippen molar-refractivity contribution >= 4 is 42.2 Å². The van der Waals surface area contributed by atoms with Gasteiger partial charge in [0, 0.05) is 26.6 Å². The summed E-state index contributed by atoms with van der Waals surface area (Å²) in [6, 6.07) is 4.98. The highest BCUT2D eigenvalue weighted by Gasteiger charge is 2.54. The Hall–Kier alpha value is -3.32. The summed E-state index contributed by atoms with van der Waals surface area (Å²) in [5, 5.41) is 20.6. The van der Waals surface area contributed by atoms with Crippen molar-refractivity contribution in [3.05, 3.63) is 29.8 Å². The summed E-state index contributed by atoms with van der Waals surface area (Å²) in [7, 11) is 0. The molecule has 0 unspecified atom stereocenters. The highest BCUT2D eigenvalue weighted by Crippen LogP contribution is 2.44. The Morgan fingerprint density at radius 3 is 2.42 bits per heavy atom. The second-order valence-electron chi connectivity index (χ2n) is 10.9. The van der Waals surface area contributed by atoms with E-state index in [1.54, 1.807) is 23.1 Å². The Morgan fingerprint density at radius 2 is 1.72 bits per heavy atom. The summed E-state index contributed by atoms with van der Waals surface area (Å²) >= 11 is 3.93. The van der Waals surface area contributed by atoms with Gasteiger partial charge >= 0.3 is 0 Å². The van der Waals surface area contributed by atoms with Gasteiger partial charge in [0.15, 0.2) is 0 Å². The van der Waals surface area contributed by atoms with E-state index in [9.17, 15) is 29.1 Å². The zero-order valence-corrected chi connectivity index (χ0v) is 25.7. The molecule has 0 radical (unpaired) electrons. The molecular weight excluding hydrogens is 574 g/mol. The molecule has 0 aliphatic carbocycles. The third kappa shape index (κ3) is 10.1. The zero-order chi connectivity index (χ0) is 31.2. The van der Waals surface area contributed by atoms with Gasteiger partial charge in [0.05, 0.1) is 24.3 Å². The van der Waals surface area contributed by atoms with Gasteiger partial charge in [-0.05, 0) is 56.2 Å². The lowest BCUT2D eigenvalue weighted by Crippen LogP contribution is -2.61. The predicted molar refractivity (Wildman–Crippen MR) is 163 cm³/mol. The van der Waals surface area contributed by atoms with Crippen LogP contribution in [-0.4, -0.2) is 90.2 Å². The normalized spacial score (nSPS) is 21.1. The fourth-order valence-electron chi connectivity index (χ4n) is 5.66. The van der Waals surface area contributed by atoms with Gasteiger partial charge in [0.2, 0.25) is 29.5 Å². The number of nitrogens with zero attached hydrogens (tertiary/aromatic N) is 1. The number of rotatable bonds is 18. The van der Waals surface area contributed by atoms with Crippen LogP contribution < -0.4 is 26.0 Å². The number of benzene rings is 1. The Morgan fingerprint density at radius 1 is 1.02 bits per heavy atom. The number of aliphatic hydroxyl groups excluding tert-OH is 1. The van der Waals surface area contributed by atoms with Gasteiger partial charge in [-0.25, -0.2) is 0 Å². The van der Waals surface area contributed by atoms with Crippen molar-refractivity contribution in [1.82, 2.24) is 26.2 Å². The molecule has 238 valence electrons. The molecule has 5 amide bonds. The van der Waals surface area contributed by atoms with Crippen LogP contribution in [0, 0.1) is 5.92 Å². The number of piperazine rings is 1. The smallest absolute Gasteiger partial charge is 0.246 e. The van der Waals surface area contributed by atoms with Crippen LogP contribution in [0.3, 0.4) is 0 Å². The van der Waals surface area contributed by atoms with E-state index >= 15 is 0 Å². The molecule has 2 aliphatic rings. The number of amides is 5. The van der Waals surface area contributed by atoms with Gasteiger partial charge in [-0.3, -0.25) is 24.0 Å². The van der Waals surface area contributed by atoms with Gasteiger partial charge in [-0.2, -0.15) is 12.6 Å². The average molecular weight is 620 g/mol. The standard InChI is InChI=1S/C30H45N5O7S/c1-20(37)31-12-7-4-11-24-30(41)35-25(29(40)34-24)18-23(27(35)21-9-8-10-22(17-21)42-16-15-36)28(39)33-14-6-3-2-5-13-32-26(38)19-43/h8-10,17,23-25,27,36,43H,2-7,11-16,18-19H2,1H3,(H,31,37)(H,32,38)(H,33,39)(H,34,40)/t23-,24-,25-,27-/m0/s1. The van der Waals surface area contributed by atoms with Crippen molar-refractivity contribution in [1.29, 1.82) is 0 Å². The van der Waals surface area contributed by atoms with Crippen molar-refractivity contribution in [2.45, 2.75) is 76.4 Å². The first-order valence-electron chi connectivity index (χ1n) is 15.1. The number of fused-ring (bicyclic) bond motifs is 1. The number of hydrogen-bond acceptors (Lipinski definition) is 8. The summed E-state index contributed by atoms with van der Waals surface area (Å²) in [4.78, 5) is 64.5. The van der Waals surface area contributed by atoms with Crippen LogP contribution in [-0.2, 0) is 24.0 Å². The number of carbonyl (C=O) groups excluding carboxylic acids is 5. The molecule has 4 atom stereocenters. The highest BCUT2D eigenvalue weighted by molar-refractivity contribution is 7.81. The molecule has 0 bridgehead atoms. The SMILES string of the molecule is CC(=O)NCCCC[C@@H]1NC(=O)[C@@H]2C[C@H](C(=O)NCCCCCCNC(=O)CS)[C@H](c3cccc(OCCO)c3)N2C1=O. The topological polar surface area (TPSA) is 166 Å². The predicted octanol–water partition coefficient (Wildman–Crippen LogP) is 0.843. The van der Waals surface area contributed by atoms with E-state index in [0.717, 1.165) is 25.7 Å². The van der Waals surface area contributed by atoms with E-state index in [-0.39, 0.29) is 54.9 Å². The number of thiol groups is 1. The van der Waals surface area contributed by atoms with Crippen molar-refractivity contribution in [3.63, 3.8) is 0 Å². The summed E-state index contributed by atoms with van der Waals surface area (Å²) < 4.78 is 5.60. The number of carbonyl (C=O) groups is 5. The Bertz CT molecular complexity index is 1120. The third-order valence-electron chi connectivity index (χ3n) is 7.72. The van der Waals surface area contributed by atoms with Gasteiger partial charge in [-0.1, -0.05) is 25.0 Å². The van der Waals surface area contributed by atoms with Crippen molar-refractivity contribution < 1.29 is 33.8 Å². The molecule has 1 aromatic carbocycles. The van der Waals surface area contributed by atoms with Crippen molar-refractivity contribution in [2.75, 3.05) is 38.6 Å². The van der Waals surface area contributed by atoms with Crippen LogP contribution in [0.5, 0.6) is 5.75 Å². The first kappa shape index (κ1) is 34.2. The molecule has 3 rings (SSSR count). The van der Waals surface area contributed by atoms with E-state index in [0.29, 0.717) is 50.2 Å². The van der Waals surface area contributed by atoms with Crippen molar-refractivity contribution in [3.8, 4) is 5.75 Å². The molecule has 2 aliphatic heterocycles. The second-order valence-corrected chi connectivity index (χ2v) is 11.3. The molecule has 2 heterocycles. The van der Waals surface area contributed by atoms with E-state index in [1.807, 2.05) is 6.07 Å². The Labute approximate surface area is 258 Å². The van der Waals surface area contributed by atoms with E-state index in [2.05, 4.69) is 33.9 Å². The molecule has 0 aromatic heterocycles. The monoisotopic (exact) mass is 619 g/mol. The molecule has 2 fully saturated rings. The quantitative estimate of drug-likeness (QED) is 0.105. The van der Waals surface area contributed by atoms with Crippen LogP contribution in [0.1, 0.15) is 69.9 Å². The summed E-state index contributed by atoms with van der Waals surface area (Å²) in [6.07, 6.45) is 5.34. The summed E-state index contributed by atoms with van der Waals surface area (Å²) in [5.41, 5.74) is 0.689. The van der Waals surface area contributed by atoms with Gasteiger partial charge in [0.1, 0.15) is 24.4 Å². The molecule has 1 aromatic rings. The first-order valence-corrected chi connectivity index (χ1v) is 15.8. The minimum absolute atomic E-state index is 0.0936. The maximum absolute atomic E-state index is 13.8. The average Bonchev–Trinajstić information content (AvgIpc) is 3.41. The van der Waals surface area contributed by atoms with Crippen LogP contribution in [0.2, 0.25) is 0 Å². The molecule has 2 saturated heterocycles. The lowest BCUT2D eigenvalue weighted by molar-refractivity contribution is -0.149. The molecular formula is C30H45N5O7S. The van der Waals surface area contributed by atoms with Gasteiger partial charge in [-0.15, -0.1) is 0 Å². The van der Waals surface area contributed by atoms with E-state index in [1.165, 1.54) is 6.92 Å². The number of nitrogens with one attached hydrogen (secondary N) is 4. The Kier molecular flexibility index (Phi) is 14.1. The number of ether oxygens (including phenoxy) is 1. The molecule has 13 heteroatoms. The highest BCUT2D eigenvalue weighted by atomic mass is 32.1. The van der Waals surface area contributed by atoms with Crippen LogP contribution in [0.4, 0.5) is 0 Å². The van der Waals surface area contributed by atoms with E-state index in [4.69, 9.17) is 4.74 Å². The van der Waals surface area contributed by atoms with Gasteiger partial charge < -0.3 is 36.0 Å². The Balaban J connectivity index is 1.68. The molecule has 0 spiro atoms. The number of aliphatic hydroxyl groups is 1. The fourth-order valence-corrected chi connectivity index (χ4v) is 5.77. The summed E-state index contributed by atoms with van der Waals surface area (Å²) in [6.45, 7) is 2.96. The maximum Gasteiger partial charge on any atom is 0.246 e. The van der Waals surface area contributed by atoms with Crippen molar-refractivity contribution in [2.24, 2.45) is 5.92 Å². The molecule has 12 nitrogen and oxygen atoms in total. The number of hydrogen-bond donors (Lipinski definition) is 6. The first-order chi connectivity index (χ1) is 20.8.